The molecule has 1 atom stereocenters. The van der Waals surface area contributed by atoms with Gasteiger partial charge in [0.2, 0.25) is 5.91 Å². The number of hydrogen-bond donors (Lipinski definition) is 2. The van der Waals surface area contributed by atoms with E-state index in [9.17, 15) is 19.8 Å². The first-order valence-corrected chi connectivity index (χ1v) is 9.39. The van der Waals surface area contributed by atoms with Crippen LogP contribution in [0.4, 0.5) is 0 Å². The van der Waals surface area contributed by atoms with Crippen molar-refractivity contribution in [2.75, 3.05) is 0 Å². The zero-order chi connectivity index (χ0) is 20.4. The van der Waals surface area contributed by atoms with Crippen LogP contribution in [0.3, 0.4) is 0 Å². The third kappa shape index (κ3) is 3.85. The quantitative estimate of drug-likeness (QED) is 0.695. The van der Waals surface area contributed by atoms with Gasteiger partial charge in [0.05, 0.1) is 25.0 Å². The number of fused-ring (bicyclic) bond motifs is 1. The number of phenols is 1. The summed E-state index contributed by atoms with van der Waals surface area (Å²) in [6.07, 6.45) is 1.84. The summed E-state index contributed by atoms with van der Waals surface area (Å²) in [5, 5.41) is 19.7. The van der Waals surface area contributed by atoms with Crippen molar-refractivity contribution in [1.82, 2.24) is 14.5 Å². The number of carbonyl (C=O) groups excluding carboxylic acids is 1. The molecule has 0 aliphatic carbocycles. The zero-order valence-electron chi connectivity index (χ0n) is 15.7. The van der Waals surface area contributed by atoms with Gasteiger partial charge in [-0.05, 0) is 11.6 Å². The highest BCUT2D eigenvalue weighted by atomic mass is 16.4. The van der Waals surface area contributed by atoms with Gasteiger partial charge in [0, 0.05) is 24.2 Å². The van der Waals surface area contributed by atoms with Gasteiger partial charge < -0.3 is 19.7 Å². The highest BCUT2D eigenvalue weighted by Crippen LogP contribution is 2.26. The van der Waals surface area contributed by atoms with Crippen LogP contribution in [0.5, 0.6) is 5.75 Å². The van der Waals surface area contributed by atoms with Crippen LogP contribution >= 0.6 is 0 Å². The first-order chi connectivity index (χ1) is 14.0. The number of para-hydroxylation sites is 1. The molecule has 4 rings (SSSR count). The van der Waals surface area contributed by atoms with Crippen molar-refractivity contribution in [3.8, 4) is 5.75 Å². The number of rotatable bonds is 5. The topological polar surface area (TPSA) is 95.7 Å². The minimum atomic E-state index is -1.05. The van der Waals surface area contributed by atoms with Crippen molar-refractivity contribution >= 4 is 11.9 Å². The number of imidazole rings is 1. The fourth-order valence-electron chi connectivity index (χ4n) is 3.71. The van der Waals surface area contributed by atoms with Crippen LogP contribution in [-0.2, 0) is 35.5 Å². The van der Waals surface area contributed by atoms with E-state index < -0.39 is 12.0 Å². The molecule has 1 aromatic heterocycles. The van der Waals surface area contributed by atoms with Crippen LogP contribution in [0.25, 0.3) is 0 Å². The first kappa shape index (κ1) is 18.7. The van der Waals surface area contributed by atoms with Gasteiger partial charge in [0.25, 0.3) is 0 Å². The number of aliphatic carboxylic acids is 1. The number of benzene rings is 2. The lowest BCUT2D eigenvalue weighted by Crippen LogP contribution is -2.49. The molecule has 0 saturated heterocycles. The lowest BCUT2D eigenvalue weighted by molar-refractivity contribution is -0.151. The van der Waals surface area contributed by atoms with Crippen LogP contribution in [0.15, 0.2) is 60.9 Å². The largest absolute Gasteiger partial charge is 0.508 e. The van der Waals surface area contributed by atoms with Gasteiger partial charge in [-0.15, -0.1) is 0 Å². The van der Waals surface area contributed by atoms with E-state index in [0.717, 1.165) is 11.3 Å². The number of phenolic OH excluding ortho intramolecular Hbond substituents is 1. The number of carboxylic acid groups (broad SMARTS) is 1. The van der Waals surface area contributed by atoms with Gasteiger partial charge in [-0.2, -0.15) is 0 Å². The summed E-state index contributed by atoms with van der Waals surface area (Å²) in [5.41, 5.74) is 3.12. The van der Waals surface area contributed by atoms with Crippen molar-refractivity contribution < 1.29 is 19.8 Å². The van der Waals surface area contributed by atoms with Crippen LogP contribution in [0.1, 0.15) is 22.5 Å². The summed E-state index contributed by atoms with van der Waals surface area (Å²) in [7, 11) is 0. The summed E-state index contributed by atoms with van der Waals surface area (Å²) in [4.78, 5) is 30.6. The van der Waals surface area contributed by atoms with Crippen LogP contribution in [0.2, 0.25) is 0 Å². The smallest absolute Gasteiger partial charge is 0.326 e. The Kier molecular flexibility index (Phi) is 5.03. The average molecular weight is 391 g/mol. The molecule has 7 nitrogen and oxygen atoms in total. The van der Waals surface area contributed by atoms with Gasteiger partial charge in [-0.3, -0.25) is 4.79 Å². The maximum absolute atomic E-state index is 12.9. The molecule has 0 spiro atoms. The number of amides is 1. The monoisotopic (exact) mass is 391 g/mol. The van der Waals surface area contributed by atoms with E-state index in [1.807, 2.05) is 34.9 Å². The second-order valence-corrected chi connectivity index (χ2v) is 7.14. The highest BCUT2D eigenvalue weighted by Gasteiger charge is 2.37. The molecule has 1 aliphatic rings. The van der Waals surface area contributed by atoms with Crippen LogP contribution in [0, 0.1) is 0 Å². The molecule has 0 radical (unpaired) electrons. The lowest BCUT2D eigenvalue weighted by Gasteiger charge is -2.33. The first-order valence-electron chi connectivity index (χ1n) is 9.39. The summed E-state index contributed by atoms with van der Waals surface area (Å²) >= 11 is 0. The number of aromatic nitrogens is 2. The third-order valence-electron chi connectivity index (χ3n) is 5.25. The molecule has 0 saturated carbocycles. The number of nitrogens with zero attached hydrogens (tertiary/aromatic N) is 3. The molecule has 0 fully saturated rings. The molecule has 7 heteroatoms. The summed E-state index contributed by atoms with van der Waals surface area (Å²) in [6, 6.07) is 15.5. The Hall–Kier alpha value is -3.61. The van der Waals surface area contributed by atoms with Gasteiger partial charge in [0.1, 0.15) is 11.8 Å². The molecule has 3 aromatic rings. The molecule has 148 valence electrons. The highest BCUT2D eigenvalue weighted by molar-refractivity contribution is 5.86. The predicted octanol–water partition coefficient (Wildman–Crippen LogP) is 2.22. The van der Waals surface area contributed by atoms with Crippen molar-refractivity contribution in [2.24, 2.45) is 0 Å². The van der Waals surface area contributed by atoms with E-state index in [0.29, 0.717) is 17.8 Å². The van der Waals surface area contributed by atoms with Crippen LogP contribution in [-0.4, -0.2) is 42.6 Å². The fourth-order valence-corrected chi connectivity index (χ4v) is 3.71. The third-order valence-corrected chi connectivity index (χ3v) is 5.25. The molecule has 29 heavy (non-hydrogen) atoms. The Morgan fingerprint density at radius 1 is 1.07 bits per heavy atom. The maximum Gasteiger partial charge on any atom is 0.326 e. The van der Waals surface area contributed by atoms with Gasteiger partial charge in [-0.1, -0.05) is 48.5 Å². The number of hydrogen-bond acceptors (Lipinski definition) is 4. The Balaban J connectivity index is 1.58. The van der Waals surface area contributed by atoms with Crippen molar-refractivity contribution in [3.05, 3.63) is 83.4 Å². The molecule has 0 unspecified atom stereocenters. The summed E-state index contributed by atoms with van der Waals surface area (Å²) < 4.78 is 1.95. The standard InChI is InChI=1S/C22H21N3O4/c26-20-9-5-4-8-16(20)10-21(27)25-13-17-18(11-19(25)22(28)29)24(14-23-17)12-15-6-2-1-3-7-15/h1-9,14,19,26H,10-13H2,(H,28,29)/t19-/m0/s1. The second-order valence-electron chi connectivity index (χ2n) is 7.14. The van der Waals surface area contributed by atoms with E-state index in [-0.39, 0.29) is 31.0 Å². The number of carbonyl (C=O) groups is 2. The van der Waals surface area contributed by atoms with E-state index in [4.69, 9.17) is 0 Å². The maximum atomic E-state index is 12.9. The van der Waals surface area contributed by atoms with E-state index in [1.165, 1.54) is 11.0 Å². The normalized spacial score (nSPS) is 15.7. The molecule has 2 aromatic carbocycles. The van der Waals surface area contributed by atoms with E-state index >= 15 is 0 Å². The number of aromatic hydroxyl groups is 1. The fraction of sp³-hybridized carbons (Fsp3) is 0.227. The SMILES string of the molecule is O=C(O)[C@@H]1Cc2c(ncn2Cc2ccccc2)CN1C(=O)Cc1ccccc1O. The van der Waals surface area contributed by atoms with Gasteiger partial charge in [-0.25, -0.2) is 9.78 Å². The van der Waals surface area contributed by atoms with Crippen LogP contribution < -0.4 is 0 Å². The van der Waals surface area contributed by atoms with Gasteiger partial charge in [0.15, 0.2) is 0 Å². The molecule has 1 amide bonds. The number of carboxylic acids is 1. The molecular formula is C22H21N3O4. The summed E-state index contributed by atoms with van der Waals surface area (Å²) in [5.74, 6) is -1.37. The molecule has 0 bridgehead atoms. The van der Waals surface area contributed by atoms with Gasteiger partial charge >= 0.3 is 5.97 Å². The average Bonchev–Trinajstić information content (AvgIpc) is 3.11. The molecule has 1 aliphatic heterocycles. The Labute approximate surface area is 167 Å². The molecular weight excluding hydrogens is 370 g/mol. The zero-order valence-corrected chi connectivity index (χ0v) is 15.7. The minimum Gasteiger partial charge on any atom is -0.508 e. The Bertz CT molecular complexity index is 1050. The second kappa shape index (κ2) is 7.79. The van der Waals surface area contributed by atoms with Crippen molar-refractivity contribution in [3.63, 3.8) is 0 Å². The lowest BCUT2D eigenvalue weighted by atomic mass is 10.0. The van der Waals surface area contributed by atoms with E-state index in [1.54, 1.807) is 24.5 Å². The minimum absolute atomic E-state index is 0.0255. The van der Waals surface area contributed by atoms with Crippen molar-refractivity contribution in [2.45, 2.75) is 32.0 Å². The van der Waals surface area contributed by atoms with Crippen molar-refractivity contribution in [1.29, 1.82) is 0 Å². The molecule has 2 heterocycles. The summed E-state index contributed by atoms with van der Waals surface area (Å²) in [6.45, 7) is 0.738. The molecule has 2 N–H and O–H groups in total. The Morgan fingerprint density at radius 2 is 1.79 bits per heavy atom. The Morgan fingerprint density at radius 3 is 2.52 bits per heavy atom. The van der Waals surface area contributed by atoms with E-state index in [2.05, 4.69) is 4.98 Å². The predicted molar refractivity (Wildman–Crippen MR) is 105 cm³/mol.